The highest BCUT2D eigenvalue weighted by atomic mass is 16.4. The summed E-state index contributed by atoms with van der Waals surface area (Å²) in [5.74, 6) is -0.205. The first kappa shape index (κ1) is 12.1. The van der Waals surface area contributed by atoms with Crippen molar-refractivity contribution in [3.05, 3.63) is 17.3 Å². The number of aromatic nitrogens is 1. The van der Waals surface area contributed by atoms with Crippen molar-refractivity contribution >= 4 is 5.97 Å². The molecule has 1 fully saturated rings. The molecule has 4 nitrogen and oxygen atoms in total. The normalized spacial score (nSPS) is 23.6. The molecule has 1 aromatic rings. The minimum Gasteiger partial charge on any atom is -0.475 e. The van der Waals surface area contributed by atoms with Gasteiger partial charge in [-0.1, -0.05) is 26.7 Å². The van der Waals surface area contributed by atoms with Gasteiger partial charge in [0.05, 0.1) is 5.69 Å². The average molecular weight is 237 g/mol. The molecule has 1 N–H and O–H groups in total. The number of hydrogen-bond acceptors (Lipinski definition) is 3. The predicted octanol–water partition coefficient (Wildman–Crippen LogP) is 3.37. The molecule has 1 aromatic heterocycles. The number of aromatic carboxylic acids is 1. The highest BCUT2D eigenvalue weighted by molar-refractivity contribution is 5.85. The van der Waals surface area contributed by atoms with E-state index in [2.05, 4.69) is 18.8 Å². The highest BCUT2D eigenvalue weighted by Crippen LogP contribution is 2.46. The summed E-state index contributed by atoms with van der Waals surface area (Å²) in [6.07, 6.45) is 4.57. The second kappa shape index (κ2) is 4.17. The van der Waals surface area contributed by atoms with Crippen molar-refractivity contribution in [3.8, 4) is 0 Å². The van der Waals surface area contributed by atoms with Gasteiger partial charge >= 0.3 is 5.97 Å². The van der Waals surface area contributed by atoms with Gasteiger partial charge < -0.3 is 9.52 Å². The van der Waals surface area contributed by atoms with Crippen LogP contribution < -0.4 is 0 Å². The fraction of sp³-hybridized carbons (Fsp3) is 0.692. The van der Waals surface area contributed by atoms with Crippen molar-refractivity contribution in [2.24, 2.45) is 5.41 Å². The molecule has 1 atom stereocenters. The summed E-state index contributed by atoms with van der Waals surface area (Å²) in [6.45, 7) is 6.10. The molecular formula is C13H19NO3. The van der Waals surface area contributed by atoms with E-state index >= 15 is 0 Å². The third kappa shape index (κ3) is 2.21. The first-order valence-electron chi connectivity index (χ1n) is 6.12. The van der Waals surface area contributed by atoms with Crippen molar-refractivity contribution in [2.75, 3.05) is 0 Å². The molecule has 0 spiro atoms. The van der Waals surface area contributed by atoms with Gasteiger partial charge in [-0.25, -0.2) is 9.78 Å². The lowest BCUT2D eigenvalue weighted by Crippen LogP contribution is -2.26. The molecule has 0 radical (unpaired) electrons. The number of hydrogen-bond donors (Lipinski definition) is 1. The molecular weight excluding hydrogens is 218 g/mol. The van der Waals surface area contributed by atoms with Crippen molar-refractivity contribution in [1.29, 1.82) is 0 Å². The van der Waals surface area contributed by atoms with E-state index in [4.69, 9.17) is 9.52 Å². The van der Waals surface area contributed by atoms with Crippen LogP contribution in [0.4, 0.5) is 0 Å². The quantitative estimate of drug-likeness (QED) is 0.856. The Morgan fingerprint density at radius 3 is 2.71 bits per heavy atom. The third-order valence-electron chi connectivity index (χ3n) is 3.81. The van der Waals surface area contributed by atoms with Crippen LogP contribution in [0.25, 0.3) is 0 Å². The maximum Gasteiger partial charge on any atom is 0.373 e. The summed E-state index contributed by atoms with van der Waals surface area (Å²) in [6, 6.07) is 0. The predicted molar refractivity (Wildman–Crippen MR) is 63.2 cm³/mol. The van der Waals surface area contributed by atoms with Gasteiger partial charge in [-0.2, -0.15) is 0 Å². The molecule has 0 saturated heterocycles. The highest BCUT2D eigenvalue weighted by Gasteiger charge is 2.37. The molecule has 4 heteroatoms. The van der Waals surface area contributed by atoms with Crippen LogP contribution in [0.15, 0.2) is 4.42 Å². The number of carboxylic acids is 1. The standard InChI is InChI=1S/C13H19NO3/c1-8-10(12(15)16)17-11(14-8)9-6-4-5-7-13(9,2)3/h9H,4-7H2,1-3H3,(H,15,16). The van der Waals surface area contributed by atoms with Crippen LogP contribution in [0.2, 0.25) is 0 Å². The van der Waals surface area contributed by atoms with Crippen LogP contribution in [-0.2, 0) is 0 Å². The molecule has 1 heterocycles. The SMILES string of the molecule is Cc1nc(C2CCCCC2(C)C)oc1C(=O)O. The number of aryl methyl sites for hydroxylation is 1. The smallest absolute Gasteiger partial charge is 0.373 e. The summed E-state index contributed by atoms with van der Waals surface area (Å²) in [5, 5.41) is 8.97. The lowest BCUT2D eigenvalue weighted by Gasteiger charge is -2.36. The van der Waals surface area contributed by atoms with Gasteiger partial charge in [-0.15, -0.1) is 0 Å². The fourth-order valence-corrected chi connectivity index (χ4v) is 2.72. The summed E-state index contributed by atoms with van der Waals surface area (Å²) in [7, 11) is 0. The molecule has 1 aliphatic carbocycles. The van der Waals surface area contributed by atoms with Gasteiger partial charge in [-0.3, -0.25) is 0 Å². The number of rotatable bonds is 2. The van der Waals surface area contributed by atoms with Crippen LogP contribution in [-0.4, -0.2) is 16.1 Å². The summed E-state index contributed by atoms with van der Waals surface area (Å²) >= 11 is 0. The zero-order valence-electron chi connectivity index (χ0n) is 10.6. The minimum atomic E-state index is -1.03. The van der Waals surface area contributed by atoms with Gasteiger partial charge in [-0.05, 0) is 25.2 Å². The van der Waals surface area contributed by atoms with E-state index in [1.165, 1.54) is 6.42 Å². The Bertz CT molecular complexity index is 434. The molecule has 1 saturated carbocycles. The zero-order valence-corrected chi connectivity index (χ0v) is 10.6. The molecule has 1 aliphatic rings. The Morgan fingerprint density at radius 2 is 2.18 bits per heavy atom. The van der Waals surface area contributed by atoms with E-state index in [0.29, 0.717) is 11.6 Å². The van der Waals surface area contributed by atoms with E-state index in [1.807, 2.05) is 0 Å². The van der Waals surface area contributed by atoms with Crippen LogP contribution in [0.1, 0.15) is 67.6 Å². The lowest BCUT2D eigenvalue weighted by atomic mass is 9.69. The van der Waals surface area contributed by atoms with E-state index in [-0.39, 0.29) is 17.1 Å². The number of carbonyl (C=O) groups is 1. The second-order valence-electron chi connectivity index (χ2n) is 5.56. The Morgan fingerprint density at radius 1 is 1.47 bits per heavy atom. The van der Waals surface area contributed by atoms with Gasteiger partial charge in [0.2, 0.25) is 5.76 Å². The topological polar surface area (TPSA) is 63.3 Å². The number of nitrogens with zero attached hydrogens (tertiary/aromatic N) is 1. The van der Waals surface area contributed by atoms with Gasteiger partial charge in [0.25, 0.3) is 0 Å². The minimum absolute atomic E-state index is 0.0126. The molecule has 94 valence electrons. The van der Waals surface area contributed by atoms with Gasteiger partial charge in [0, 0.05) is 5.92 Å². The first-order chi connectivity index (χ1) is 7.92. The van der Waals surface area contributed by atoms with E-state index in [9.17, 15) is 4.79 Å². The van der Waals surface area contributed by atoms with Crippen molar-refractivity contribution in [1.82, 2.24) is 4.98 Å². The monoisotopic (exact) mass is 237 g/mol. The van der Waals surface area contributed by atoms with Crippen LogP contribution in [0, 0.1) is 12.3 Å². The van der Waals surface area contributed by atoms with Crippen molar-refractivity contribution in [3.63, 3.8) is 0 Å². The van der Waals surface area contributed by atoms with Crippen LogP contribution >= 0.6 is 0 Å². The largest absolute Gasteiger partial charge is 0.475 e. The van der Waals surface area contributed by atoms with E-state index < -0.39 is 5.97 Å². The maximum atomic E-state index is 10.9. The molecule has 17 heavy (non-hydrogen) atoms. The Kier molecular flexibility index (Phi) is 2.98. The number of carboxylic acid groups (broad SMARTS) is 1. The lowest BCUT2D eigenvalue weighted by molar-refractivity contribution is 0.0653. The Hall–Kier alpha value is -1.32. The average Bonchev–Trinajstić information content (AvgIpc) is 2.59. The van der Waals surface area contributed by atoms with Crippen LogP contribution in [0.3, 0.4) is 0 Å². The molecule has 0 bridgehead atoms. The van der Waals surface area contributed by atoms with Crippen LogP contribution in [0.5, 0.6) is 0 Å². The molecule has 2 rings (SSSR count). The first-order valence-corrected chi connectivity index (χ1v) is 6.12. The zero-order chi connectivity index (χ0) is 12.6. The summed E-state index contributed by atoms with van der Waals surface area (Å²) in [5.41, 5.74) is 0.625. The Labute approximate surface area is 101 Å². The summed E-state index contributed by atoms with van der Waals surface area (Å²) in [4.78, 5) is 15.2. The number of oxazole rings is 1. The van der Waals surface area contributed by atoms with E-state index in [1.54, 1.807) is 6.92 Å². The second-order valence-corrected chi connectivity index (χ2v) is 5.56. The third-order valence-corrected chi connectivity index (χ3v) is 3.81. The molecule has 0 aromatic carbocycles. The molecule has 1 unspecified atom stereocenters. The van der Waals surface area contributed by atoms with Crippen molar-refractivity contribution in [2.45, 2.75) is 52.4 Å². The molecule has 0 amide bonds. The fourth-order valence-electron chi connectivity index (χ4n) is 2.72. The van der Waals surface area contributed by atoms with E-state index in [0.717, 1.165) is 19.3 Å². The molecule has 0 aliphatic heterocycles. The van der Waals surface area contributed by atoms with Gasteiger partial charge in [0.15, 0.2) is 5.89 Å². The van der Waals surface area contributed by atoms with Gasteiger partial charge in [0.1, 0.15) is 0 Å². The van der Waals surface area contributed by atoms with Crippen molar-refractivity contribution < 1.29 is 14.3 Å². The Balaban J connectivity index is 2.33. The summed E-state index contributed by atoms with van der Waals surface area (Å²) < 4.78 is 5.44. The maximum absolute atomic E-state index is 10.9.